The van der Waals surface area contributed by atoms with Crippen LogP contribution in [0.3, 0.4) is 0 Å². The second-order valence-corrected chi connectivity index (χ2v) is 9.64. The Morgan fingerprint density at radius 1 is 1.19 bits per heavy atom. The second kappa shape index (κ2) is 8.05. The zero-order valence-electron chi connectivity index (χ0n) is 15.9. The molecule has 0 aliphatic carbocycles. The summed E-state index contributed by atoms with van der Waals surface area (Å²) in [7, 11) is -3.60. The van der Waals surface area contributed by atoms with E-state index in [-0.39, 0.29) is 10.8 Å². The molecule has 3 fully saturated rings. The van der Waals surface area contributed by atoms with Crippen LogP contribution in [0.2, 0.25) is 5.02 Å². The van der Waals surface area contributed by atoms with Crippen molar-refractivity contribution in [3.8, 4) is 0 Å². The van der Waals surface area contributed by atoms with E-state index in [1.807, 2.05) is 0 Å². The molecule has 0 radical (unpaired) electrons. The highest BCUT2D eigenvalue weighted by Gasteiger charge is 2.39. The number of halogens is 1. The number of carbonyl (C=O) groups excluding carboxylic acids is 1. The number of sulfonamides is 1. The second-order valence-electron chi connectivity index (χ2n) is 7.29. The third kappa shape index (κ3) is 4.30. The van der Waals surface area contributed by atoms with Crippen molar-refractivity contribution in [2.75, 3.05) is 64.2 Å². The van der Waals surface area contributed by atoms with Gasteiger partial charge in [0, 0.05) is 32.7 Å². The number of carbonyl (C=O) groups is 1. The molecule has 0 saturated carbocycles. The molecule has 7 nitrogen and oxygen atoms in total. The fourth-order valence-corrected chi connectivity index (χ4v) is 5.59. The maximum absolute atomic E-state index is 12.7. The highest BCUT2D eigenvalue weighted by molar-refractivity contribution is 7.89. The van der Waals surface area contributed by atoms with Gasteiger partial charge < -0.3 is 9.80 Å². The van der Waals surface area contributed by atoms with E-state index in [9.17, 15) is 13.2 Å². The molecular formula is C18H28ClN4O3S+. The van der Waals surface area contributed by atoms with Crippen LogP contribution in [0, 0.1) is 0 Å². The standard InChI is InChI=1S/C18H27ClN4O3S/c1-3-22(4-2)27(25,26)15-5-6-16(19)17(13-15)20-18(24)14-23-10-7-21(8-11-23)9-12-23/h5-6,13H,3-4,7-12,14H2,1-2H3/p+1. The van der Waals surface area contributed by atoms with Gasteiger partial charge in [-0.05, 0) is 18.2 Å². The number of nitrogens with one attached hydrogen (secondary N) is 1. The van der Waals surface area contributed by atoms with Gasteiger partial charge in [-0.2, -0.15) is 4.31 Å². The molecule has 3 saturated heterocycles. The van der Waals surface area contributed by atoms with Gasteiger partial charge in [0.25, 0.3) is 5.91 Å². The number of anilines is 1. The molecule has 1 aromatic carbocycles. The molecular weight excluding hydrogens is 388 g/mol. The minimum Gasteiger partial charge on any atom is -0.320 e. The lowest BCUT2D eigenvalue weighted by Gasteiger charge is -2.50. The first-order valence-electron chi connectivity index (χ1n) is 9.46. The summed E-state index contributed by atoms with van der Waals surface area (Å²) in [5, 5.41) is 3.18. The average Bonchev–Trinajstić information content (AvgIpc) is 2.65. The molecule has 0 atom stereocenters. The minimum absolute atomic E-state index is 0.121. The van der Waals surface area contributed by atoms with E-state index in [1.165, 1.54) is 22.5 Å². The van der Waals surface area contributed by atoms with Crippen LogP contribution in [0.1, 0.15) is 13.8 Å². The third-order valence-electron chi connectivity index (χ3n) is 5.71. The molecule has 9 heteroatoms. The van der Waals surface area contributed by atoms with Crippen LogP contribution >= 0.6 is 11.6 Å². The molecule has 4 rings (SSSR count). The first-order valence-corrected chi connectivity index (χ1v) is 11.3. The normalized spacial score (nSPS) is 25.0. The molecule has 1 aromatic rings. The first-order chi connectivity index (χ1) is 12.8. The minimum atomic E-state index is -3.60. The van der Waals surface area contributed by atoms with Crippen LogP contribution in [0.5, 0.6) is 0 Å². The number of amides is 1. The summed E-state index contributed by atoms with van der Waals surface area (Å²) in [5.41, 5.74) is 0.351. The summed E-state index contributed by atoms with van der Waals surface area (Å²) < 4.78 is 27.6. The van der Waals surface area contributed by atoms with Gasteiger partial charge in [0.2, 0.25) is 10.0 Å². The van der Waals surface area contributed by atoms with Crippen LogP contribution in [-0.4, -0.2) is 86.9 Å². The zero-order valence-corrected chi connectivity index (χ0v) is 17.5. The zero-order chi connectivity index (χ0) is 19.7. The molecule has 150 valence electrons. The van der Waals surface area contributed by atoms with Crippen molar-refractivity contribution in [2.45, 2.75) is 18.7 Å². The molecule has 0 unspecified atom stereocenters. The molecule has 0 aromatic heterocycles. The fourth-order valence-electron chi connectivity index (χ4n) is 3.94. The van der Waals surface area contributed by atoms with Gasteiger partial charge in [0.1, 0.15) is 0 Å². The van der Waals surface area contributed by atoms with E-state index in [0.29, 0.717) is 30.3 Å². The number of benzene rings is 1. The largest absolute Gasteiger partial charge is 0.320 e. The van der Waals surface area contributed by atoms with Crippen molar-refractivity contribution in [1.82, 2.24) is 9.21 Å². The lowest BCUT2D eigenvalue weighted by molar-refractivity contribution is -0.933. The number of nitrogens with zero attached hydrogens (tertiary/aromatic N) is 3. The molecule has 1 amide bonds. The summed E-state index contributed by atoms with van der Waals surface area (Å²) >= 11 is 6.22. The summed E-state index contributed by atoms with van der Waals surface area (Å²) in [6, 6.07) is 4.47. The molecule has 1 N–H and O–H groups in total. The SMILES string of the molecule is CCN(CC)S(=O)(=O)c1ccc(Cl)c(NC(=O)C[N+]23CCN(CC2)CC3)c1. The third-order valence-corrected chi connectivity index (χ3v) is 8.08. The van der Waals surface area contributed by atoms with Crippen molar-refractivity contribution >= 4 is 33.2 Å². The van der Waals surface area contributed by atoms with Crippen molar-refractivity contribution < 1.29 is 17.7 Å². The predicted molar refractivity (Wildman–Crippen MR) is 106 cm³/mol. The molecule has 3 aliphatic heterocycles. The van der Waals surface area contributed by atoms with E-state index >= 15 is 0 Å². The fraction of sp³-hybridized carbons (Fsp3) is 0.611. The van der Waals surface area contributed by atoms with Crippen LogP contribution in [0.4, 0.5) is 5.69 Å². The van der Waals surface area contributed by atoms with Crippen molar-refractivity contribution in [3.05, 3.63) is 23.2 Å². The molecule has 27 heavy (non-hydrogen) atoms. The maximum Gasteiger partial charge on any atom is 0.279 e. The van der Waals surface area contributed by atoms with Gasteiger partial charge in [-0.3, -0.25) is 9.69 Å². The summed E-state index contributed by atoms with van der Waals surface area (Å²) in [6.07, 6.45) is 0. The quantitative estimate of drug-likeness (QED) is 0.684. The van der Waals surface area contributed by atoms with E-state index in [4.69, 9.17) is 11.6 Å². The topological polar surface area (TPSA) is 69.7 Å². The van der Waals surface area contributed by atoms with Gasteiger partial charge in [-0.15, -0.1) is 0 Å². The van der Waals surface area contributed by atoms with Gasteiger partial charge in [0.05, 0.1) is 35.2 Å². The Labute approximate surface area is 166 Å². The van der Waals surface area contributed by atoms with Gasteiger partial charge in [-0.1, -0.05) is 25.4 Å². The van der Waals surface area contributed by atoms with Gasteiger partial charge in [-0.25, -0.2) is 8.42 Å². The van der Waals surface area contributed by atoms with Crippen LogP contribution in [0.25, 0.3) is 0 Å². The van der Waals surface area contributed by atoms with Crippen molar-refractivity contribution in [3.63, 3.8) is 0 Å². The Morgan fingerprint density at radius 2 is 1.78 bits per heavy atom. The summed E-state index contributed by atoms with van der Waals surface area (Å²) in [6.45, 7) is 10.8. The average molecular weight is 416 g/mol. The van der Waals surface area contributed by atoms with Crippen LogP contribution in [0.15, 0.2) is 23.1 Å². The Morgan fingerprint density at radius 3 is 2.33 bits per heavy atom. The van der Waals surface area contributed by atoms with E-state index < -0.39 is 10.0 Å². The summed E-state index contributed by atoms with van der Waals surface area (Å²) in [5.74, 6) is -0.121. The van der Waals surface area contributed by atoms with E-state index in [0.717, 1.165) is 43.8 Å². The smallest absolute Gasteiger partial charge is 0.279 e. The molecule has 2 bridgehead atoms. The van der Waals surface area contributed by atoms with Gasteiger partial charge >= 0.3 is 0 Å². The lowest BCUT2D eigenvalue weighted by atomic mass is 10.1. The van der Waals surface area contributed by atoms with Gasteiger partial charge in [0.15, 0.2) is 6.54 Å². The monoisotopic (exact) mass is 415 g/mol. The number of fused-ring (bicyclic) bond motifs is 3. The Balaban J connectivity index is 1.76. The van der Waals surface area contributed by atoms with Crippen molar-refractivity contribution in [1.29, 1.82) is 0 Å². The van der Waals surface area contributed by atoms with E-state index in [1.54, 1.807) is 13.8 Å². The lowest BCUT2D eigenvalue weighted by Crippen LogP contribution is -2.68. The number of piperazine rings is 3. The molecule has 0 spiro atoms. The molecule has 3 heterocycles. The molecule has 3 aliphatic rings. The highest BCUT2D eigenvalue weighted by Crippen LogP contribution is 2.27. The predicted octanol–water partition coefficient (Wildman–Crippen LogP) is 1.46. The number of hydrogen-bond acceptors (Lipinski definition) is 4. The number of rotatable bonds is 7. The van der Waals surface area contributed by atoms with Crippen molar-refractivity contribution in [2.24, 2.45) is 0 Å². The number of quaternary nitrogens is 1. The van der Waals surface area contributed by atoms with Crippen LogP contribution in [-0.2, 0) is 14.8 Å². The number of hydrogen-bond donors (Lipinski definition) is 1. The highest BCUT2D eigenvalue weighted by atomic mass is 35.5. The Hall–Kier alpha value is -1.19. The first kappa shape index (κ1) is 20.5. The Bertz CT molecular complexity index is 789. The Kier molecular flexibility index (Phi) is 6.12. The van der Waals surface area contributed by atoms with E-state index in [2.05, 4.69) is 10.2 Å². The summed E-state index contributed by atoms with van der Waals surface area (Å²) in [4.78, 5) is 15.2. The van der Waals surface area contributed by atoms with Crippen LogP contribution < -0.4 is 5.32 Å². The maximum atomic E-state index is 12.7.